The Hall–Kier alpha value is -1.64. The number of fused-ring (bicyclic) bond motifs is 3. The maximum atomic E-state index is 11.5. The van der Waals surface area contributed by atoms with Crippen molar-refractivity contribution in [3.05, 3.63) is 34.9 Å². The molecule has 0 bridgehead atoms. The number of nitrogens with one attached hydrogen (secondary N) is 1. The van der Waals surface area contributed by atoms with Crippen molar-refractivity contribution in [2.24, 2.45) is 0 Å². The van der Waals surface area contributed by atoms with E-state index in [4.69, 9.17) is 0 Å². The van der Waals surface area contributed by atoms with Crippen LogP contribution in [0.1, 0.15) is 47.7 Å². The first kappa shape index (κ1) is 11.5. The second kappa shape index (κ2) is 3.94. The molecule has 1 aliphatic heterocycles. The van der Waals surface area contributed by atoms with Crippen LogP contribution in [0.2, 0.25) is 0 Å². The van der Waals surface area contributed by atoms with Gasteiger partial charge in [-0.3, -0.25) is 9.59 Å². The summed E-state index contributed by atoms with van der Waals surface area (Å²) in [7, 11) is 0. The number of piperidine rings is 1. The van der Waals surface area contributed by atoms with E-state index in [9.17, 15) is 9.59 Å². The van der Waals surface area contributed by atoms with E-state index in [-0.39, 0.29) is 17.4 Å². The second-order valence-electron chi connectivity index (χ2n) is 5.61. The average molecular weight is 243 g/mol. The molecule has 1 unspecified atom stereocenters. The van der Waals surface area contributed by atoms with Crippen LogP contribution in [0.3, 0.4) is 0 Å². The zero-order valence-electron chi connectivity index (χ0n) is 10.5. The maximum absolute atomic E-state index is 11.5. The van der Waals surface area contributed by atoms with Crippen LogP contribution in [0.15, 0.2) is 18.2 Å². The summed E-state index contributed by atoms with van der Waals surface area (Å²) in [6.45, 7) is 2.23. The summed E-state index contributed by atoms with van der Waals surface area (Å²) in [4.78, 5) is 22.4. The van der Waals surface area contributed by atoms with Gasteiger partial charge in [0.25, 0.3) is 0 Å². The Morgan fingerprint density at radius 3 is 3.00 bits per heavy atom. The van der Waals surface area contributed by atoms with E-state index in [1.807, 2.05) is 12.1 Å². The SMILES string of the molecule is C[C@]12CCC(=O)NC1CCc1cc(C=O)ccc12. The van der Waals surface area contributed by atoms with Gasteiger partial charge in [0, 0.05) is 23.4 Å². The van der Waals surface area contributed by atoms with E-state index >= 15 is 0 Å². The lowest BCUT2D eigenvalue weighted by atomic mass is 9.64. The minimum absolute atomic E-state index is 0.0307. The van der Waals surface area contributed by atoms with Crippen LogP contribution in [0.5, 0.6) is 0 Å². The number of carbonyl (C=O) groups is 2. The molecule has 0 spiro atoms. The van der Waals surface area contributed by atoms with Gasteiger partial charge >= 0.3 is 0 Å². The van der Waals surface area contributed by atoms with Crippen molar-refractivity contribution in [1.82, 2.24) is 5.32 Å². The molecule has 0 aromatic heterocycles. The quantitative estimate of drug-likeness (QED) is 0.767. The van der Waals surface area contributed by atoms with Crippen molar-refractivity contribution in [1.29, 1.82) is 0 Å². The topological polar surface area (TPSA) is 46.2 Å². The van der Waals surface area contributed by atoms with Crippen molar-refractivity contribution >= 4 is 12.2 Å². The molecule has 3 nitrogen and oxygen atoms in total. The molecule has 1 fully saturated rings. The van der Waals surface area contributed by atoms with Gasteiger partial charge in [0.2, 0.25) is 5.91 Å². The Labute approximate surface area is 107 Å². The van der Waals surface area contributed by atoms with Crippen LogP contribution in [0.25, 0.3) is 0 Å². The molecule has 3 rings (SSSR count). The molecule has 1 saturated heterocycles. The molecule has 0 saturated carbocycles. The summed E-state index contributed by atoms with van der Waals surface area (Å²) in [5.74, 6) is 0.172. The summed E-state index contributed by atoms with van der Waals surface area (Å²) in [5.41, 5.74) is 3.36. The number of carbonyl (C=O) groups excluding carboxylic acids is 2. The van der Waals surface area contributed by atoms with E-state index in [0.29, 0.717) is 6.42 Å². The molecule has 1 heterocycles. The molecule has 2 atom stereocenters. The van der Waals surface area contributed by atoms with Crippen LogP contribution in [0, 0.1) is 0 Å². The molecule has 18 heavy (non-hydrogen) atoms. The molecule has 1 N–H and O–H groups in total. The fourth-order valence-corrected chi connectivity index (χ4v) is 3.44. The summed E-state index contributed by atoms with van der Waals surface area (Å²) < 4.78 is 0. The largest absolute Gasteiger partial charge is 0.352 e. The minimum Gasteiger partial charge on any atom is -0.352 e. The molecule has 0 radical (unpaired) electrons. The zero-order chi connectivity index (χ0) is 12.8. The summed E-state index contributed by atoms with van der Waals surface area (Å²) in [6, 6.07) is 6.20. The second-order valence-corrected chi connectivity index (χ2v) is 5.61. The molecule has 2 aliphatic rings. The van der Waals surface area contributed by atoms with Gasteiger partial charge in [-0.2, -0.15) is 0 Å². The summed E-state index contributed by atoms with van der Waals surface area (Å²) in [6.07, 6.45) is 4.31. The Morgan fingerprint density at radius 2 is 2.22 bits per heavy atom. The lowest BCUT2D eigenvalue weighted by Gasteiger charge is -2.46. The fraction of sp³-hybridized carbons (Fsp3) is 0.467. The van der Waals surface area contributed by atoms with Crippen molar-refractivity contribution in [3.63, 3.8) is 0 Å². The molecular weight excluding hydrogens is 226 g/mol. The smallest absolute Gasteiger partial charge is 0.220 e. The standard InChI is InChI=1S/C15H17NO2/c1-15-7-6-14(18)16-13(15)5-3-11-8-10(9-17)2-4-12(11)15/h2,4,8-9,13H,3,5-7H2,1H3,(H,16,18)/t13?,15-/m1/s1. The van der Waals surface area contributed by atoms with Crippen LogP contribution in [0.4, 0.5) is 0 Å². The highest BCUT2D eigenvalue weighted by atomic mass is 16.1. The van der Waals surface area contributed by atoms with Crippen molar-refractivity contribution in [3.8, 4) is 0 Å². The van der Waals surface area contributed by atoms with E-state index in [1.54, 1.807) is 0 Å². The predicted molar refractivity (Wildman–Crippen MR) is 68.7 cm³/mol. The van der Waals surface area contributed by atoms with Gasteiger partial charge < -0.3 is 5.32 Å². The Morgan fingerprint density at radius 1 is 1.39 bits per heavy atom. The predicted octanol–water partition coefficient (Wildman–Crippen LogP) is 1.98. The zero-order valence-corrected chi connectivity index (χ0v) is 10.5. The number of hydrogen-bond acceptors (Lipinski definition) is 2. The first-order valence-corrected chi connectivity index (χ1v) is 6.51. The number of amides is 1. The van der Waals surface area contributed by atoms with Crippen LogP contribution >= 0.6 is 0 Å². The number of aryl methyl sites for hydroxylation is 1. The molecule has 1 aromatic rings. The monoisotopic (exact) mass is 243 g/mol. The van der Waals surface area contributed by atoms with E-state index in [0.717, 1.165) is 31.1 Å². The number of hydrogen-bond donors (Lipinski definition) is 1. The molecule has 1 aliphatic carbocycles. The maximum Gasteiger partial charge on any atom is 0.220 e. The Bertz CT molecular complexity index is 523. The average Bonchev–Trinajstić information content (AvgIpc) is 2.39. The van der Waals surface area contributed by atoms with Crippen LogP contribution in [-0.4, -0.2) is 18.2 Å². The van der Waals surface area contributed by atoms with Gasteiger partial charge in [0.15, 0.2) is 0 Å². The summed E-state index contributed by atoms with van der Waals surface area (Å²) >= 11 is 0. The van der Waals surface area contributed by atoms with Crippen molar-refractivity contribution < 1.29 is 9.59 Å². The highest BCUT2D eigenvalue weighted by Crippen LogP contribution is 2.42. The molecule has 3 heteroatoms. The van der Waals surface area contributed by atoms with Gasteiger partial charge in [-0.1, -0.05) is 19.1 Å². The van der Waals surface area contributed by atoms with Crippen molar-refractivity contribution in [2.45, 2.75) is 44.1 Å². The first-order valence-electron chi connectivity index (χ1n) is 6.51. The molecule has 94 valence electrons. The highest BCUT2D eigenvalue weighted by molar-refractivity contribution is 5.79. The third-order valence-electron chi connectivity index (χ3n) is 4.56. The van der Waals surface area contributed by atoms with Gasteiger partial charge in [0.1, 0.15) is 6.29 Å². The first-order chi connectivity index (χ1) is 8.63. The van der Waals surface area contributed by atoms with E-state index < -0.39 is 0 Å². The van der Waals surface area contributed by atoms with Gasteiger partial charge in [-0.25, -0.2) is 0 Å². The van der Waals surface area contributed by atoms with E-state index in [1.165, 1.54) is 11.1 Å². The lowest BCUT2D eigenvalue weighted by Crippen LogP contribution is -2.55. The van der Waals surface area contributed by atoms with Gasteiger partial charge in [-0.15, -0.1) is 0 Å². The molecule has 1 aromatic carbocycles. The number of benzene rings is 1. The van der Waals surface area contributed by atoms with Crippen LogP contribution < -0.4 is 5.32 Å². The third-order valence-corrected chi connectivity index (χ3v) is 4.56. The lowest BCUT2D eigenvalue weighted by molar-refractivity contribution is -0.125. The Kier molecular flexibility index (Phi) is 2.51. The van der Waals surface area contributed by atoms with Gasteiger partial charge in [-0.05, 0) is 36.5 Å². The minimum atomic E-state index is 0.0307. The van der Waals surface area contributed by atoms with E-state index in [2.05, 4.69) is 18.3 Å². The normalized spacial score (nSPS) is 30.1. The van der Waals surface area contributed by atoms with Crippen LogP contribution in [-0.2, 0) is 16.6 Å². The number of rotatable bonds is 1. The van der Waals surface area contributed by atoms with Gasteiger partial charge in [0.05, 0.1) is 0 Å². The summed E-state index contributed by atoms with van der Waals surface area (Å²) in [5, 5.41) is 3.12. The fourth-order valence-electron chi connectivity index (χ4n) is 3.44. The molecule has 1 amide bonds. The highest BCUT2D eigenvalue weighted by Gasteiger charge is 2.43. The van der Waals surface area contributed by atoms with Crippen molar-refractivity contribution in [2.75, 3.05) is 0 Å². The Balaban J connectivity index is 2.06. The third kappa shape index (κ3) is 1.57. The number of aldehydes is 1. The molecular formula is C15H17NO2.